The molecule has 1 saturated carbocycles. The Hall–Kier alpha value is -0.730. The van der Waals surface area contributed by atoms with Gasteiger partial charge in [0, 0.05) is 6.54 Å². The van der Waals surface area contributed by atoms with Gasteiger partial charge in [0.2, 0.25) is 0 Å². The standard InChI is InChI=1S/C17H24ClNO/c18-16-12-14(8-11-19-9-2-1-3-10-19)6-7-17(16)20-13-15-4-5-15/h6-7,12,15H,1-5,8-11,13H2. The number of hydrogen-bond donors (Lipinski definition) is 0. The van der Waals surface area contributed by atoms with Gasteiger partial charge in [-0.15, -0.1) is 0 Å². The van der Waals surface area contributed by atoms with Gasteiger partial charge < -0.3 is 9.64 Å². The molecular weight excluding hydrogens is 270 g/mol. The molecule has 0 spiro atoms. The smallest absolute Gasteiger partial charge is 0.137 e. The number of ether oxygens (including phenoxy) is 1. The second-order valence-electron chi connectivity index (χ2n) is 6.17. The molecule has 2 nitrogen and oxygen atoms in total. The normalized spacial score (nSPS) is 20.1. The third kappa shape index (κ3) is 4.13. The number of piperidine rings is 1. The van der Waals surface area contributed by atoms with E-state index in [4.69, 9.17) is 16.3 Å². The third-order valence-electron chi connectivity index (χ3n) is 4.33. The molecule has 0 unspecified atom stereocenters. The third-order valence-corrected chi connectivity index (χ3v) is 4.63. The van der Waals surface area contributed by atoms with Gasteiger partial charge in [-0.2, -0.15) is 0 Å². The fraction of sp³-hybridized carbons (Fsp3) is 0.647. The highest BCUT2D eigenvalue weighted by Gasteiger charge is 2.22. The molecule has 0 bridgehead atoms. The summed E-state index contributed by atoms with van der Waals surface area (Å²) < 4.78 is 5.77. The van der Waals surface area contributed by atoms with Crippen molar-refractivity contribution in [3.05, 3.63) is 28.8 Å². The van der Waals surface area contributed by atoms with E-state index in [1.165, 1.54) is 50.8 Å². The summed E-state index contributed by atoms with van der Waals surface area (Å²) in [6, 6.07) is 6.28. The Morgan fingerprint density at radius 3 is 2.65 bits per heavy atom. The largest absolute Gasteiger partial charge is 0.492 e. The van der Waals surface area contributed by atoms with Gasteiger partial charge in [-0.1, -0.05) is 24.1 Å². The number of likely N-dealkylation sites (tertiary alicyclic amines) is 1. The molecule has 2 fully saturated rings. The van der Waals surface area contributed by atoms with Gasteiger partial charge in [-0.05, 0) is 68.8 Å². The predicted molar refractivity (Wildman–Crippen MR) is 83.7 cm³/mol. The van der Waals surface area contributed by atoms with Crippen molar-refractivity contribution in [3.63, 3.8) is 0 Å². The Morgan fingerprint density at radius 1 is 1.15 bits per heavy atom. The van der Waals surface area contributed by atoms with E-state index in [0.29, 0.717) is 0 Å². The molecule has 1 aliphatic carbocycles. The second-order valence-corrected chi connectivity index (χ2v) is 6.58. The number of halogens is 1. The van der Waals surface area contributed by atoms with E-state index in [1.54, 1.807) is 0 Å². The fourth-order valence-electron chi connectivity index (χ4n) is 2.78. The lowest BCUT2D eigenvalue weighted by Gasteiger charge is -2.26. The first-order chi connectivity index (χ1) is 9.81. The monoisotopic (exact) mass is 293 g/mol. The molecule has 1 aromatic rings. The number of rotatable bonds is 6. The molecule has 110 valence electrons. The minimum Gasteiger partial charge on any atom is -0.492 e. The molecule has 2 aliphatic rings. The topological polar surface area (TPSA) is 12.5 Å². The second kappa shape index (κ2) is 6.82. The number of nitrogens with zero attached hydrogens (tertiary/aromatic N) is 1. The van der Waals surface area contributed by atoms with Gasteiger partial charge in [0.1, 0.15) is 5.75 Å². The van der Waals surface area contributed by atoms with E-state index < -0.39 is 0 Å². The van der Waals surface area contributed by atoms with Gasteiger partial charge in [-0.25, -0.2) is 0 Å². The number of hydrogen-bond acceptors (Lipinski definition) is 2. The van der Waals surface area contributed by atoms with Crippen molar-refractivity contribution in [1.29, 1.82) is 0 Å². The van der Waals surface area contributed by atoms with E-state index in [2.05, 4.69) is 17.0 Å². The zero-order valence-corrected chi connectivity index (χ0v) is 12.9. The van der Waals surface area contributed by atoms with E-state index in [0.717, 1.165) is 36.3 Å². The molecule has 0 amide bonds. The quantitative estimate of drug-likeness (QED) is 0.781. The van der Waals surface area contributed by atoms with Crippen LogP contribution in [-0.4, -0.2) is 31.1 Å². The van der Waals surface area contributed by atoms with Gasteiger partial charge in [0.05, 0.1) is 11.6 Å². The highest BCUT2D eigenvalue weighted by molar-refractivity contribution is 6.32. The lowest BCUT2D eigenvalue weighted by molar-refractivity contribution is 0.231. The molecule has 0 radical (unpaired) electrons. The molecule has 3 rings (SSSR count). The lowest BCUT2D eigenvalue weighted by atomic mass is 10.1. The predicted octanol–water partition coefficient (Wildman–Crippen LogP) is 4.16. The van der Waals surface area contributed by atoms with E-state index in [-0.39, 0.29) is 0 Å². The summed E-state index contributed by atoms with van der Waals surface area (Å²) in [5, 5.41) is 0.766. The van der Waals surface area contributed by atoms with Crippen LogP contribution in [0.1, 0.15) is 37.7 Å². The molecule has 0 atom stereocenters. The van der Waals surface area contributed by atoms with Gasteiger partial charge in [0.15, 0.2) is 0 Å². The summed E-state index contributed by atoms with van der Waals surface area (Å²) in [7, 11) is 0. The van der Waals surface area contributed by atoms with Crippen LogP contribution in [0.2, 0.25) is 5.02 Å². The van der Waals surface area contributed by atoms with E-state index in [9.17, 15) is 0 Å². The van der Waals surface area contributed by atoms with Crippen molar-refractivity contribution < 1.29 is 4.74 Å². The van der Waals surface area contributed by atoms with Crippen molar-refractivity contribution in [2.24, 2.45) is 5.92 Å². The summed E-state index contributed by atoms with van der Waals surface area (Å²) in [6.45, 7) is 4.50. The van der Waals surface area contributed by atoms with Crippen molar-refractivity contribution in [2.45, 2.75) is 38.5 Å². The summed E-state index contributed by atoms with van der Waals surface area (Å²) in [4.78, 5) is 2.56. The highest BCUT2D eigenvalue weighted by atomic mass is 35.5. The molecular formula is C17H24ClNO. The Balaban J connectivity index is 1.49. The van der Waals surface area contributed by atoms with Crippen LogP contribution < -0.4 is 4.74 Å². The van der Waals surface area contributed by atoms with Crippen LogP contribution in [0.3, 0.4) is 0 Å². The Labute approximate surface area is 127 Å². The molecule has 3 heteroatoms. The first-order valence-electron chi connectivity index (χ1n) is 7.95. The molecule has 0 N–H and O–H groups in total. The van der Waals surface area contributed by atoms with Gasteiger partial charge in [0.25, 0.3) is 0 Å². The SMILES string of the molecule is Clc1cc(CCN2CCCCC2)ccc1OCC1CC1. The van der Waals surface area contributed by atoms with Gasteiger partial charge in [-0.3, -0.25) is 0 Å². The highest BCUT2D eigenvalue weighted by Crippen LogP contribution is 2.32. The lowest BCUT2D eigenvalue weighted by Crippen LogP contribution is -2.31. The fourth-order valence-corrected chi connectivity index (χ4v) is 3.04. The van der Waals surface area contributed by atoms with Crippen LogP contribution in [0.15, 0.2) is 18.2 Å². The maximum Gasteiger partial charge on any atom is 0.137 e. The molecule has 0 aromatic heterocycles. The summed E-state index contributed by atoms with van der Waals surface area (Å²) >= 11 is 6.32. The van der Waals surface area contributed by atoms with Crippen molar-refractivity contribution in [1.82, 2.24) is 4.90 Å². The minimum absolute atomic E-state index is 0.766. The van der Waals surface area contributed by atoms with Crippen LogP contribution in [-0.2, 0) is 6.42 Å². The van der Waals surface area contributed by atoms with E-state index in [1.807, 2.05) is 6.07 Å². The summed E-state index contributed by atoms with van der Waals surface area (Å²) in [5.74, 6) is 1.62. The Kier molecular flexibility index (Phi) is 4.85. The van der Waals surface area contributed by atoms with Crippen LogP contribution in [0.25, 0.3) is 0 Å². The molecule has 1 heterocycles. The van der Waals surface area contributed by atoms with Gasteiger partial charge >= 0.3 is 0 Å². The number of benzene rings is 1. The Morgan fingerprint density at radius 2 is 1.95 bits per heavy atom. The minimum atomic E-state index is 0.766. The average Bonchev–Trinajstić information content (AvgIpc) is 3.29. The van der Waals surface area contributed by atoms with E-state index >= 15 is 0 Å². The van der Waals surface area contributed by atoms with Crippen LogP contribution in [0.4, 0.5) is 0 Å². The Bertz CT molecular complexity index is 439. The van der Waals surface area contributed by atoms with Crippen LogP contribution in [0, 0.1) is 5.92 Å². The van der Waals surface area contributed by atoms with Crippen molar-refractivity contribution in [3.8, 4) is 5.75 Å². The maximum atomic E-state index is 6.32. The molecule has 1 saturated heterocycles. The first kappa shape index (κ1) is 14.2. The maximum absolute atomic E-state index is 6.32. The zero-order valence-electron chi connectivity index (χ0n) is 12.1. The van der Waals surface area contributed by atoms with Crippen LogP contribution in [0.5, 0.6) is 5.75 Å². The van der Waals surface area contributed by atoms with Crippen LogP contribution >= 0.6 is 11.6 Å². The average molecular weight is 294 g/mol. The molecule has 1 aromatic carbocycles. The summed E-state index contributed by atoms with van der Waals surface area (Å²) in [5.41, 5.74) is 1.32. The van der Waals surface area contributed by atoms with Crippen molar-refractivity contribution >= 4 is 11.6 Å². The van der Waals surface area contributed by atoms with Crippen molar-refractivity contribution in [2.75, 3.05) is 26.2 Å². The molecule has 20 heavy (non-hydrogen) atoms. The molecule has 1 aliphatic heterocycles. The zero-order chi connectivity index (χ0) is 13.8. The first-order valence-corrected chi connectivity index (χ1v) is 8.32. The summed E-state index contributed by atoms with van der Waals surface area (Å²) in [6.07, 6.45) is 7.82.